The van der Waals surface area contributed by atoms with Gasteiger partial charge in [-0.1, -0.05) is 6.92 Å². The van der Waals surface area contributed by atoms with E-state index in [1.807, 2.05) is 26.0 Å². The number of aromatic nitrogens is 4. The number of rotatable bonds is 2. The Bertz CT molecular complexity index is 760. The van der Waals surface area contributed by atoms with E-state index in [4.69, 9.17) is 0 Å². The molecule has 1 spiro atoms. The fraction of sp³-hybridized carbons (Fsp3) is 0.556. The molecule has 4 heterocycles. The van der Waals surface area contributed by atoms with Crippen molar-refractivity contribution in [3.63, 3.8) is 0 Å². The molecule has 2 aromatic rings. The first-order chi connectivity index (χ1) is 12.1. The van der Waals surface area contributed by atoms with Crippen molar-refractivity contribution in [2.75, 3.05) is 24.5 Å². The van der Waals surface area contributed by atoms with Crippen molar-refractivity contribution < 1.29 is 4.79 Å². The normalized spacial score (nSPS) is 19.1. The minimum Gasteiger partial charge on any atom is -0.355 e. The van der Waals surface area contributed by atoms with Gasteiger partial charge in [0.25, 0.3) is 0 Å². The first-order valence-electron chi connectivity index (χ1n) is 9.02. The van der Waals surface area contributed by atoms with Gasteiger partial charge in [0.2, 0.25) is 5.91 Å². The molecule has 4 rings (SSSR count). The van der Waals surface area contributed by atoms with Gasteiger partial charge >= 0.3 is 0 Å². The van der Waals surface area contributed by atoms with Gasteiger partial charge in [0.05, 0.1) is 23.3 Å². The van der Waals surface area contributed by atoms with Gasteiger partial charge < -0.3 is 14.8 Å². The number of aryl methyl sites for hydroxylation is 1. The van der Waals surface area contributed by atoms with Crippen molar-refractivity contribution in [2.45, 2.75) is 45.1 Å². The van der Waals surface area contributed by atoms with Crippen LogP contribution < -0.4 is 4.90 Å². The zero-order valence-electron chi connectivity index (χ0n) is 14.8. The lowest BCUT2D eigenvalue weighted by atomic mass is 9.78. The van der Waals surface area contributed by atoms with Crippen LogP contribution in [0, 0.1) is 6.92 Å². The molecule has 0 aliphatic carbocycles. The molecule has 0 unspecified atom stereocenters. The number of H-pyrrole nitrogens is 1. The topological polar surface area (TPSA) is 78.0 Å². The fourth-order valence-electron chi connectivity index (χ4n) is 4.21. The number of carbonyl (C=O) groups excluding carboxylic acids is 1. The molecule has 0 saturated carbocycles. The number of nitrogens with one attached hydrogen (secondary N) is 1. The largest absolute Gasteiger partial charge is 0.355 e. The lowest BCUT2D eigenvalue weighted by Gasteiger charge is -2.50. The van der Waals surface area contributed by atoms with Gasteiger partial charge in [-0.15, -0.1) is 5.10 Å². The highest BCUT2D eigenvalue weighted by atomic mass is 16.2. The Morgan fingerprint density at radius 2 is 2.04 bits per heavy atom. The second kappa shape index (κ2) is 6.13. The summed E-state index contributed by atoms with van der Waals surface area (Å²) in [4.78, 5) is 24.8. The predicted molar refractivity (Wildman–Crippen MR) is 94.2 cm³/mol. The Hall–Kier alpha value is -2.44. The zero-order valence-corrected chi connectivity index (χ0v) is 14.8. The number of piperidine rings is 1. The standard InChI is InChI=1S/C18H24N6O/c1-3-16(25)24-9-6-14-17(20-12-19-14)18(24)7-10-23(11-8-18)15-5-4-13(2)21-22-15/h4-5,12H,3,6-11H2,1-2H3,(H,19,20). The van der Waals surface area contributed by atoms with Crippen molar-refractivity contribution in [3.8, 4) is 0 Å². The lowest BCUT2D eigenvalue weighted by Crippen LogP contribution is -2.58. The minimum atomic E-state index is -0.282. The molecule has 2 aliphatic heterocycles. The number of amides is 1. The molecule has 0 aromatic carbocycles. The van der Waals surface area contributed by atoms with E-state index in [-0.39, 0.29) is 11.4 Å². The third kappa shape index (κ3) is 2.58. The molecule has 7 heteroatoms. The van der Waals surface area contributed by atoms with Crippen LogP contribution in [0.1, 0.15) is 43.3 Å². The molecule has 0 atom stereocenters. The highest BCUT2D eigenvalue weighted by molar-refractivity contribution is 5.77. The van der Waals surface area contributed by atoms with E-state index in [1.54, 1.807) is 6.33 Å². The summed E-state index contributed by atoms with van der Waals surface area (Å²) in [7, 11) is 0. The van der Waals surface area contributed by atoms with Gasteiger partial charge in [-0.05, 0) is 31.9 Å². The summed E-state index contributed by atoms with van der Waals surface area (Å²) >= 11 is 0. The summed E-state index contributed by atoms with van der Waals surface area (Å²) in [5.41, 5.74) is 2.89. The van der Waals surface area contributed by atoms with Crippen molar-refractivity contribution >= 4 is 11.7 Å². The Morgan fingerprint density at radius 3 is 2.72 bits per heavy atom. The van der Waals surface area contributed by atoms with E-state index < -0.39 is 0 Å². The van der Waals surface area contributed by atoms with Crippen molar-refractivity contribution in [1.82, 2.24) is 25.1 Å². The van der Waals surface area contributed by atoms with Crippen LogP contribution in [-0.4, -0.2) is 50.6 Å². The monoisotopic (exact) mass is 340 g/mol. The average molecular weight is 340 g/mol. The van der Waals surface area contributed by atoms with Crippen molar-refractivity contribution in [2.24, 2.45) is 0 Å². The molecule has 25 heavy (non-hydrogen) atoms. The number of nitrogens with zero attached hydrogens (tertiary/aromatic N) is 5. The third-order valence-corrected chi connectivity index (χ3v) is 5.56. The molecule has 0 bridgehead atoms. The molecule has 132 valence electrons. The number of imidazole rings is 1. The number of aromatic amines is 1. The van der Waals surface area contributed by atoms with Crippen LogP contribution in [0.4, 0.5) is 5.82 Å². The van der Waals surface area contributed by atoms with Crippen LogP contribution in [0.15, 0.2) is 18.5 Å². The van der Waals surface area contributed by atoms with Crippen LogP contribution in [0.25, 0.3) is 0 Å². The number of hydrogen-bond donors (Lipinski definition) is 1. The molecule has 7 nitrogen and oxygen atoms in total. The van der Waals surface area contributed by atoms with E-state index in [2.05, 4.69) is 30.0 Å². The number of anilines is 1. The second-order valence-electron chi connectivity index (χ2n) is 6.93. The molecular weight excluding hydrogens is 316 g/mol. The van der Waals surface area contributed by atoms with Crippen molar-refractivity contribution in [3.05, 3.63) is 35.5 Å². The summed E-state index contributed by atoms with van der Waals surface area (Å²) in [5.74, 6) is 1.13. The van der Waals surface area contributed by atoms with E-state index in [0.717, 1.165) is 56.1 Å². The van der Waals surface area contributed by atoms with E-state index in [1.165, 1.54) is 5.69 Å². The highest BCUT2D eigenvalue weighted by Crippen LogP contribution is 2.43. The first-order valence-corrected chi connectivity index (χ1v) is 9.02. The van der Waals surface area contributed by atoms with Gasteiger partial charge in [-0.25, -0.2) is 4.98 Å². The number of carbonyl (C=O) groups is 1. The molecule has 1 N–H and O–H groups in total. The quantitative estimate of drug-likeness (QED) is 0.902. The summed E-state index contributed by atoms with van der Waals surface area (Å²) in [6.07, 6.45) is 4.90. The van der Waals surface area contributed by atoms with E-state index in [9.17, 15) is 4.79 Å². The van der Waals surface area contributed by atoms with Gasteiger partial charge in [0, 0.05) is 38.2 Å². The summed E-state index contributed by atoms with van der Waals surface area (Å²) in [6, 6.07) is 4.02. The van der Waals surface area contributed by atoms with Gasteiger partial charge in [0.15, 0.2) is 5.82 Å². The van der Waals surface area contributed by atoms with Gasteiger partial charge in [-0.2, -0.15) is 5.10 Å². The molecule has 1 fully saturated rings. The summed E-state index contributed by atoms with van der Waals surface area (Å²) < 4.78 is 0. The van der Waals surface area contributed by atoms with Crippen LogP contribution >= 0.6 is 0 Å². The van der Waals surface area contributed by atoms with Crippen LogP contribution in [0.5, 0.6) is 0 Å². The molecule has 1 amide bonds. The SMILES string of the molecule is CCC(=O)N1CCc2[nH]cnc2C12CCN(c1ccc(C)nn1)CC2. The molecule has 2 aliphatic rings. The van der Waals surface area contributed by atoms with Crippen LogP contribution in [-0.2, 0) is 16.8 Å². The van der Waals surface area contributed by atoms with Crippen LogP contribution in [0.3, 0.4) is 0 Å². The van der Waals surface area contributed by atoms with Gasteiger partial charge in [-0.3, -0.25) is 4.79 Å². The van der Waals surface area contributed by atoms with E-state index >= 15 is 0 Å². The Morgan fingerprint density at radius 1 is 1.24 bits per heavy atom. The lowest BCUT2D eigenvalue weighted by molar-refractivity contribution is -0.140. The van der Waals surface area contributed by atoms with Crippen molar-refractivity contribution in [1.29, 1.82) is 0 Å². The first kappa shape index (κ1) is 16.1. The summed E-state index contributed by atoms with van der Waals surface area (Å²) in [6.45, 7) is 6.34. The summed E-state index contributed by atoms with van der Waals surface area (Å²) in [5, 5.41) is 8.48. The smallest absolute Gasteiger partial charge is 0.223 e. The van der Waals surface area contributed by atoms with Gasteiger partial charge in [0.1, 0.15) is 0 Å². The average Bonchev–Trinajstić information content (AvgIpc) is 3.13. The Labute approximate surface area is 147 Å². The highest BCUT2D eigenvalue weighted by Gasteiger charge is 2.48. The predicted octanol–water partition coefficient (Wildman–Crippen LogP) is 1.80. The molecule has 1 saturated heterocycles. The Kier molecular flexibility index (Phi) is 3.94. The molecular formula is C18H24N6O. The van der Waals surface area contributed by atoms with Crippen LogP contribution in [0.2, 0.25) is 0 Å². The second-order valence-corrected chi connectivity index (χ2v) is 6.93. The third-order valence-electron chi connectivity index (χ3n) is 5.56. The number of fused-ring (bicyclic) bond motifs is 2. The fourth-order valence-corrected chi connectivity index (χ4v) is 4.21. The number of hydrogen-bond acceptors (Lipinski definition) is 5. The zero-order chi connectivity index (χ0) is 17.4. The van der Waals surface area contributed by atoms with E-state index in [0.29, 0.717) is 6.42 Å². The maximum Gasteiger partial charge on any atom is 0.223 e. The minimum absolute atomic E-state index is 0.220. The maximum absolute atomic E-state index is 12.6. The molecule has 2 aromatic heterocycles. The maximum atomic E-state index is 12.6. The Balaban J connectivity index is 1.62. The molecule has 0 radical (unpaired) electrons.